The van der Waals surface area contributed by atoms with Crippen molar-refractivity contribution in [3.63, 3.8) is 0 Å². The van der Waals surface area contributed by atoms with Crippen molar-refractivity contribution >= 4 is 52.3 Å². The molecule has 1 aromatic heterocycles. The minimum atomic E-state index is -0.0407. The van der Waals surface area contributed by atoms with Crippen molar-refractivity contribution in [2.24, 2.45) is 16.8 Å². The van der Waals surface area contributed by atoms with E-state index in [0.29, 0.717) is 16.9 Å². The average molecular weight is 941 g/mol. The number of para-hydroxylation sites is 1. The van der Waals surface area contributed by atoms with Gasteiger partial charge in [-0.05, 0) is 139 Å². The average Bonchev–Trinajstić information content (AvgIpc) is 3.71. The van der Waals surface area contributed by atoms with Crippen molar-refractivity contribution in [1.82, 2.24) is 0 Å². The van der Waals surface area contributed by atoms with Crippen LogP contribution >= 0.6 is 0 Å². The first-order chi connectivity index (χ1) is 35.1. The zero-order valence-corrected chi connectivity index (χ0v) is 42.8. The zero-order valence-electron chi connectivity index (χ0n) is 42.8. The molecule has 2 aliphatic rings. The van der Waals surface area contributed by atoms with Crippen molar-refractivity contribution in [3.8, 4) is 11.1 Å². The number of rotatable bonds is 16. The number of aliphatic imine (C=N–C) groups is 1. The van der Waals surface area contributed by atoms with Crippen LogP contribution in [0.15, 0.2) is 235 Å². The number of furan rings is 1. The topological polar surface area (TPSA) is 28.7 Å². The van der Waals surface area contributed by atoms with Gasteiger partial charge in [-0.2, -0.15) is 0 Å². The fourth-order valence-electron chi connectivity index (χ4n) is 9.75. The summed E-state index contributed by atoms with van der Waals surface area (Å²) in [5.74, 6) is 0.909. The maximum atomic E-state index is 6.72. The van der Waals surface area contributed by atoms with Crippen LogP contribution in [0.25, 0.3) is 34.9 Å². The van der Waals surface area contributed by atoms with Gasteiger partial charge in [0.25, 0.3) is 0 Å². The lowest BCUT2D eigenvalue weighted by atomic mass is 9.76. The first-order valence-electron chi connectivity index (χ1n) is 25.4. The van der Waals surface area contributed by atoms with Gasteiger partial charge in [0, 0.05) is 33.6 Å². The lowest BCUT2D eigenvalue weighted by molar-refractivity contribution is 0.521. The number of hydrogen-bond donors (Lipinski definition) is 0. The van der Waals surface area contributed by atoms with Gasteiger partial charge in [0.05, 0.1) is 11.4 Å². The maximum absolute atomic E-state index is 6.72. The molecule has 3 nitrogen and oxygen atoms in total. The van der Waals surface area contributed by atoms with Gasteiger partial charge in [-0.3, -0.25) is 0 Å². The second kappa shape index (κ2) is 23.7. The van der Waals surface area contributed by atoms with Gasteiger partial charge in [0.2, 0.25) is 0 Å². The maximum Gasteiger partial charge on any atom is 0.161 e. The smallest absolute Gasteiger partial charge is 0.161 e. The van der Waals surface area contributed by atoms with E-state index >= 15 is 0 Å². The van der Waals surface area contributed by atoms with Gasteiger partial charge in [-0.25, -0.2) is 4.99 Å². The molecule has 0 amide bonds. The Hall–Kier alpha value is -8.01. The van der Waals surface area contributed by atoms with E-state index in [1.807, 2.05) is 24.3 Å². The molecule has 6 aromatic rings. The molecule has 5 aromatic carbocycles. The molecule has 72 heavy (non-hydrogen) atoms. The Morgan fingerprint density at radius 2 is 1.49 bits per heavy atom. The van der Waals surface area contributed by atoms with Crippen molar-refractivity contribution < 1.29 is 4.42 Å². The number of benzene rings is 5. The molecular formula is C69H68N2O. The van der Waals surface area contributed by atoms with Crippen molar-refractivity contribution in [2.75, 3.05) is 4.90 Å². The molecular weight excluding hydrogens is 873 g/mol. The third-order valence-electron chi connectivity index (χ3n) is 13.7. The van der Waals surface area contributed by atoms with E-state index in [4.69, 9.17) is 16.0 Å². The Bertz CT molecular complexity index is 3320. The molecule has 1 heterocycles. The van der Waals surface area contributed by atoms with Crippen LogP contribution in [0.2, 0.25) is 0 Å². The van der Waals surface area contributed by atoms with Gasteiger partial charge in [-0.1, -0.05) is 209 Å². The highest BCUT2D eigenvalue weighted by molar-refractivity contribution is 6.10. The quantitative estimate of drug-likeness (QED) is 0.0715. The van der Waals surface area contributed by atoms with E-state index in [2.05, 4.69) is 241 Å². The number of aryl methyl sites for hydroxylation is 2. The normalized spacial score (nSPS) is 17.1. The molecule has 2 aliphatic carbocycles. The minimum absolute atomic E-state index is 0.0407. The number of fused-ring (bicyclic) bond motifs is 3. The van der Waals surface area contributed by atoms with Crippen LogP contribution in [0, 0.1) is 25.7 Å². The molecule has 360 valence electrons. The highest BCUT2D eigenvalue weighted by Gasteiger charge is 2.30. The molecule has 0 fully saturated rings. The third-order valence-corrected chi connectivity index (χ3v) is 13.7. The van der Waals surface area contributed by atoms with Crippen LogP contribution in [-0.2, 0) is 0 Å². The van der Waals surface area contributed by atoms with Crippen LogP contribution in [0.3, 0.4) is 0 Å². The molecule has 0 bridgehead atoms. The summed E-state index contributed by atoms with van der Waals surface area (Å²) < 4.78 is 6.72. The second-order valence-corrected chi connectivity index (χ2v) is 19.0. The predicted octanol–water partition coefficient (Wildman–Crippen LogP) is 17.8. The van der Waals surface area contributed by atoms with Crippen LogP contribution in [0.1, 0.15) is 91.5 Å². The number of anilines is 3. The van der Waals surface area contributed by atoms with Gasteiger partial charge in [-0.15, -0.1) is 6.58 Å². The molecule has 8 rings (SSSR count). The summed E-state index contributed by atoms with van der Waals surface area (Å²) in [6, 6.07) is 41.1. The highest BCUT2D eigenvalue weighted by atomic mass is 16.3. The Morgan fingerprint density at radius 3 is 2.22 bits per heavy atom. The SMILES string of the molecule is C=CC/C=C\C/C(=C\C)C/C=C\C=c1\c(N=C(c2cc3c(cc2N(c2ccccc2C)c2ccc(-c4ccccc4)cc2C)C(=C)/C=C\C=C/CC2C=CC=CC32)C(C)C)c(C(=C)c2ccccc2)oc1=C. The minimum Gasteiger partial charge on any atom is -0.454 e. The fraction of sp³-hybridized carbons (Fsp3) is 0.174. The lowest BCUT2D eigenvalue weighted by Gasteiger charge is -2.34. The van der Waals surface area contributed by atoms with Crippen molar-refractivity contribution in [3.05, 3.63) is 275 Å². The van der Waals surface area contributed by atoms with Gasteiger partial charge >= 0.3 is 0 Å². The van der Waals surface area contributed by atoms with Gasteiger partial charge in [0.15, 0.2) is 5.76 Å². The molecule has 0 N–H and O–H groups in total. The monoisotopic (exact) mass is 941 g/mol. The molecule has 0 saturated heterocycles. The summed E-state index contributed by atoms with van der Waals surface area (Å²) in [5, 5.41) is 0.818. The summed E-state index contributed by atoms with van der Waals surface area (Å²) in [5.41, 5.74) is 17.3. The third kappa shape index (κ3) is 11.4. The largest absolute Gasteiger partial charge is 0.454 e. The first-order valence-corrected chi connectivity index (χ1v) is 25.4. The highest BCUT2D eigenvalue weighted by Crippen LogP contribution is 2.47. The number of hydrogen-bond acceptors (Lipinski definition) is 3. The summed E-state index contributed by atoms with van der Waals surface area (Å²) in [4.78, 5) is 8.33. The summed E-state index contributed by atoms with van der Waals surface area (Å²) in [6.45, 7) is 28.8. The fourth-order valence-corrected chi connectivity index (χ4v) is 9.75. The molecule has 2 atom stereocenters. The van der Waals surface area contributed by atoms with Crippen LogP contribution in [0.4, 0.5) is 22.7 Å². The van der Waals surface area contributed by atoms with E-state index in [-0.39, 0.29) is 17.8 Å². The van der Waals surface area contributed by atoms with Crippen LogP contribution < -0.4 is 15.5 Å². The Balaban J connectivity index is 1.43. The Kier molecular flexibility index (Phi) is 16.6. The number of allylic oxidation sites excluding steroid dienone is 16. The second-order valence-electron chi connectivity index (χ2n) is 19.0. The summed E-state index contributed by atoms with van der Waals surface area (Å²) in [6.07, 6.45) is 36.2. The lowest BCUT2D eigenvalue weighted by Crippen LogP contribution is -2.22. The zero-order chi connectivity index (χ0) is 50.6. The van der Waals surface area contributed by atoms with E-state index in [1.165, 1.54) is 22.3 Å². The molecule has 0 spiro atoms. The van der Waals surface area contributed by atoms with Crippen molar-refractivity contribution in [2.45, 2.75) is 66.2 Å². The summed E-state index contributed by atoms with van der Waals surface area (Å²) >= 11 is 0. The van der Waals surface area contributed by atoms with Gasteiger partial charge < -0.3 is 9.32 Å². The molecule has 2 unspecified atom stereocenters. The van der Waals surface area contributed by atoms with E-state index in [1.54, 1.807) is 0 Å². The van der Waals surface area contributed by atoms with Crippen molar-refractivity contribution in [1.29, 1.82) is 0 Å². The Labute approximate surface area is 429 Å². The first kappa shape index (κ1) is 50.4. The molecule has 0 saturated carbocycles. The Morgan fingerprint density at radius 1 is 0.764 bits per heavy atom. The molecule has 0 aliphatic heterocycles. The van der Waals surface area contributed by atoms with Crippen LogP contribution in [0.5, 0.6) is 0 Å². The summed E-state index contributed by atoms with van der Waals surface area (Å²) in [7, 11) is 0. The van der Waals surface area contributed by atoms with E-state index in [9.17, 15) is 0 Å². The standard InChI is InChI=1S/C69H68N2O/c1-10-12-13-18-32-54(11-2)33-25-27-40-59-53(9)72-69(52(8)55-34-19-15-20-35-55)68(59)70-67(48(3)4)63-46-62-60-41-28-26-39-57(60)38-23-14-17-30-49(5)61(62)47-66(63)71(64-42-29-24-31-50(64)6)65-44-43-58(45-51(65)7)56-36-21-16-22-37-56/h10-11,13-31,34-37,39-48,57,60H,1,5,8-9,12,32-33,38H2,2-4,6-7H3/b18-13-,23-14-,27-25-,30-17-,54-11+,59-40+,70-67?. The van der Waals surface area contributed by atoms with E-state index < -0.39 is 0 Å². The van der Waals surface area contributed by atoms with E-state index in [0.717, 1.165) is 92.6 Å². The van der Waals surface area contributed by atoms with Gasteiger partial charge in [0.1, 0.15) is 11.1 Å². The number of nitrogens with zero attached hydrogens (tertiary/aromatic N) is 2. The molecule has 3 heteroatoms. The predicted molar refractivity (Wildman–Crippen MR) is 312 cm³/mol. The molecule has 0 radical (unpaired) electrons. The van der Waals surface area contributed by atoms with Crippen LogP contribution in [-0.4, -0.2) is 5.71 Å².